The number of aryl methyl sites for hydroxylation is 1. The Labute approximate surface area is 358 Å². The third-order valence-corrected chi connectivity index (χ3v) is 18.3. The molecular weight excluding hydrogens is 783 g/mol. The van der Waals surface area contributed by atoms with E-state index >= 15 is 4.79 Å². The molecule has 3 amide bonds. The number of ether oxygens (including phenoxy) is 3. The fourth-order valence-electron chi connectivity index (χ4n) is 10.8. The average Bonchev–Trinajstić information content (AvgIpc) is 3.71. The Morgan fingerprint density at radius 2 is 1.52 bits per heavy atom. The molecule has 0 radical (unpaired) electrons. The maximum atomic E-state index is 15.6. The molecule has 0 saturated carbocycles. The summed E-state index contributed by atoms with van der Waals surface area (Å²) in [6.45, 7) is 7.22. The zero-order valence-corrected chi connectivity index (χ0v) is 36.5. The minimum absolute atomic E-state index is 0.0343. The van der Waals surface area contributed by atoms with Gasteiger partial charge < -0.3 is 29.1 Å². The van der Waals surface area contributed by atoms with Gasteiger partial charge in [0, 0.05) is 30.1 Å². The van der Waals surface area contributed by atoms with Crippen molar-refractivity contribution in [2.24, 2.45) is 5.92 Å². The van der Waals surface area contributed by atoms with Crippen LogP contribution in [0.4, 0.5) is 17.1 Å². The third kappa shape index (κ3) is 6.83. The third-order valence-electron chi connectivity index (χ3n) is 13.9. The number of aliphatic hydroxyl groups excluding tert-OH is 1. The first-order chi connectivity index (χ1) is 29.5. The number of hydrogen-bond acceptors (Lipinski definition) is 7. The molecule has 5 aromatic rings. The van der Waals surface area contributed by atoms with E-state index in [0.29, 0.717) is 31.6 Å². The zero-order valence-electron chi connectivity index (χ0n) is 35.5. The molecule has 0 bridgehead atoms. The minimum atomic E-state index is -2.57. The van der Waals surface area contributed by atoms with Gasteiger partial charge in [0.05, 0.1) is 65.4 Å². The molecule has 0 aliphatic carbocycles. The number of anilines is 3. The van der Waals surface area contributed by atoms with E-state index in [-0.39, 0.29) is 54.8 Å². The number of hydrogen-bond donors (Lipinski definition) is 1. The summed E-state index contributed by atoms with van der Waals surface area (Å²) in [4.78, 5) is 49.2. The lowest BCUT2D eigenvalue weighted by Crippen LogP contribution is -2.52. The normalized spacial score (nSPS) is 23.2. The summed E-state index contributed by atoms with van der Waals surface area (Å²) in [5, 5.41) is 11.7. The van der Waals surface area contributed by atoms with Crippen LogP contribution in [0.3, 0.4) is 0 Å². The number of benzene rings is 5. The van der Waals surface area contributed by atoms with E-state index in [9.17, 15) is 14.7 Å². The number of carbonyl (C=O) groups is 3. The van der Waals surface area contributed by atoms with Gasteiger partial charge in [-0.25, -0.2) is 0 Å². The summed E-state index contributed by atoms with van der Waals surface area (Å²) < 4.78 is 18.7. The Balaban J connectivity index is 1.10. The first-order valence-electron chi connectivity index (χ1n) is 21.3. The number of para-hydroxylation sites is 1. The van der Waals surface area contributed by atoms with Gasteiger partial charge in [-0.2, -0.15) is 0 Å². The molecule has 1 spiro atoms. The molecule has 5 aromatic carbocycles. The van der Waals surface area contributed by atoms with Crippen molar-refractivity contribution in [2.45, 2.75) is 82.1 Å². The van der Waals surface area contributed by atoms with E-state index in [0.717, 1.165) is 50.6 Å². The smallest absolute Gasteiger partial charge is 0.264 e. The molecule has 11 heteroatoms. The highest BCUT2D eigenvalue weighted by Gasteiger charge is 2.66. The van der Waals surface area contributed by atoms with Crippen molar-refractivity contribution in [3.05, 3.63) is 143 Å². The summed E-state index contributed by atoms with van der Waals surface area (Å²) in [5.41, 5.74) is 5.69. The topological polar surface area (TPSA) is 109 Å². The van der Waals surface area contributed by atoms with Crippen molar-refractivity contribution in [1.29, 1.82) is 0 Å². The second-order valence-corrected chi connectivity index (χ2v) is 22.2. The number of rotatable bonds is 10. The van der Waals surface area contributed by atoms with Crippen LogP contribution in [0.2, 0.25) is 18.6 Å². The number of amides is 3. The maximum Gasteiger partial charge on any atom is 0.264 e. The Hall–Kier alpha value is -5.75. The van der Waals surface area contributed by atoms with Gasteiger partial charge in [-0.05, 0) is 89.2 Å². The molecule has 4 heterocycles. The Kier molecular flexibility index (Phi) is 10.6. The molecular formula is C50H53N3O7Si. The standard InChI is InChI=1S/C50H53N3O7Si/c1-32-48(61(4,5)41-21-18-39(58-2)19-22-41)45(28-47(56)51-30-36-14-7-6-13-35(36)26-38(51)31-54)60-50(32)42-27-40(59-3)20-23-44(42)52(49(50)57)29-33-11-10-15-37(25-33)53-43-16-9-8-12-34(43)17-24-46(53)55/h6-16,18-23,25,27,32,38,45,48,54H,17,24,26,28-31H2,1-5H3/t32-,38+,45+,48-,50+/m1/s1. The lowest BCUT2D eigenvalue weighted by atomic mass is 9.82. The van der Waals surface area contributed by atoms with Crippen LogP contribution in [0.1, 0.15) is 47.6 Å². The highest BCUT2D eigenvalue weighted by Crippen LogP contribution is 2.60. The Bertz CT molecular complexity index is 2510. The van der Waals surface area contributed by atoms with Crippen molar-refractivity contribution < 1.29 is 33.7 Å². The summed E-state index contributed by atoms with van der Waals surface area (Å²) >= 11 is 0. The fourth-order valence-corrected chi connectivity index (χ4v) is 14.8. The molecule has 0 aromatic heterocycles. The SMILES string of the molecule is COc1ccc([Si](C)(C)[C@H]2[C@H](CC(=O)N3Cc4ccccc4C[C@H]3CO)O[C@@]3(C(=O)N(Cc4cccc(N5C(=O)CCc6ccccc65)c4)c4ccc(OC)cc43)[C@@H]2C)cc1. The van der Waals surface area contributed by atoms with Gasteiger partial charge in [0.15, 0.2) is 5.60 Å². The van der Waals surface area contributed by atoms with Crippen LogP contribution in [0.5, 0.6) is 11.5 Å². The summed E-state index contributed by atoms with van der Waals surface area (Å²) in [6.07, 6.45) is 1.14. The molecule has 5 atom stereocenters. The van der Waals surface area contributed by atoms with E-state index in [1.54, 1.807) is 24.0 Å². The molecule has 61 heavy (non-hydrogen) atoms. The second kappa shape index (κ2) is 15.9. The van der Waals surface area contributed by atoms with E-state index in [4.69, 9.17) is 14.2 Å². The lowest BCUT2D eigenvalue weighted by Gasteiger charge is -2.39. The van der Waals surface area contributed by atoms with E-state index < -0.39 is 19.8 Å². The number of carbonyl (C=O) groups excluding carboxylic acids is 3. The van der Waals surface area contributed by atoms with Gasteiger partial charge in [0.1, 0.15) is 11.5 Å². The predicted molar refractivity (Wildman–Crippen MR) is 238 cm³/mol. The molecule has 0 unspecified atom stereocenters. The van der Waals surface area contributed by atoms with Crippen LogP contribution in [0, 0.1) is 5.92 Å². The maximum absolute atomic E-state index is 15.6. The van der Waals surface area contributed by atoms with Crippen LogP contribution in [0.15, 0.2) is 115 Å². The van der Waals surface area contributed by atoms with Crippen LogP contribution in [-0.4, -0.2) is 68.8 Å². The summed E-state index contributed by atoms with van der Waals surface area (Å²) in [6, 6.07) is 37.5. The molecule has 1 fully saturated rings. The van der Waals surface area contributed by atoms with Gasteiger partial charge in [0.25, 0.3) is 5.91 Å². The van der Waals surface area contributed by atoms with Gasteiger partial charge in [-0.1, -0.05) is 91.9 Å². The van der Waals surface area contributed by atoms with Crippen LogP contribution < -0.4 is 24.5 Å². The van der Waals surface area contributed by atoms with Crippen LogP contribution in [-0.2, 0) is 50.7 Å². The fraction of sp³-hybridized carbons (Fsp3) is 0.340. The first kappa shape index (κ1) is 40.6. The Morgan fingerprint density at radius 1 is 0.820 bits per heavy atom. The van der Waals surface area contributed by atoms with Gasteiger partial charge in [-0.15, -0.1) is 0 Å². The second-order valence-electron chi connectivity index (χ2n) is 17.5. The van der Waals surface area contributed by atoms with Crippen molar-refractivity contribution >= 4 is 48.0 Å². The zero-order chi connectivity index (χ0) is 42.6. The predicted octanol–water partition coefficient (Wildman–Crippen LogP) is 7.41. The van der Waals surface area contributed by atoms with Crippen molar-refractivity contribution in [1.82, 2.24) is 4.90 Å². The lowest BCUT2D eigenvalue weighted by molar-refractivity contribution is -0.151. The van der Waals surface area contributed by atoms with E-state index in [1.807, 2.05) is 95.9 Å². The van der Waals surface area contributed by atoms with Gasteiger partial charge in [-0.3, -0.25) is 19.3 Å². The van der Waals surface area contributed by atoms with Crippen molar-refractivity contribution in [3.8, 4) is 11.5 Å². The number of nitrogens with zero attached hydrogens (tertiary/aromatic N) is 3. The molecule has 4 aliphatic rings. The quantitative estimate of drug-likeness (QED) is 0.146. The van der Waals surface area contributed by atoms with Crippen LogP contribution >= 0.6 is 0 Å². The number of aliphatic hydroxyl groups is 1. The summed E-state index contributed by atoms with van der Waals surface area (Å²) in [5.74, 6) is 0.759. The average molecular weight is 836 g/mol. The minimum Gasteiger partial charge on any atom is -0.497 e. The van der Waals surface area contributed by atoms with Crippen LogP contribution in [0.25, 0.3) is 0 Å². The molecule has 1 saturated heterocycles. The Morgan fingerprint density at radius 3 is 2.26 bits per heavy atom. The van der Waals surface area contributed by atoms with Crippen molar-refractivity contribution in [2.75, 3.05) is 30.6 Å². The summed E-state index contributed by atoms with van der Waals surface area (Å²) in [7, 11) is 0.697. The molecule has 9 rings (SSSR count). The molecule has 10 nitrogen and oxygen atoms in total. The molecule has 4 aliphatic heterocycles. The van der Waals surface area contributed by atoms with E-state index in [1.165, 1.54) is 5.19 Å². The molecule has 1 N–H and O–H groups in total. The number of fused-ring (bicyclic) bond motifs is 4. The monoisotopic (exact) mass is 835 g/mol. The first-order valence-corrected chi connectivity index (χ1v) is 24.4. The van der Waals surface area contributed by atoms with E-state index in [2.05, 4.69) is 44.3 Å². The highest BCUT2D eigenvalue weighted by molar-refractivity contribution is 6.91. The largest absolute Gasteiger partial charge is 0.497 e. The molecule has 314 valence electrons. The van der Waals surface area contributed by atoms with Crippen molar-refractivity contribution in [3.63, 3.8) is 0 Å². The highest BCUT2D eigenvalue weighted by atomic mass is 28.3. The van der Waals surface area contributed by atoms with Gasteiger partial charge in [0.2, 0.25) is 11.8 Å². The van der Waals surface area contributed by atoms with Gasteiger partial charge >= 0.3 is 0 Å². The number of methoxy groups -OCH3 is 2.